The largest absolute Gasteiger partial charge is 0.380 e. The fraction of sp³-hybridized carbons (Fsp3) is 0. The van der Waals surface area contributed by atoms with Crippen LogP contribution in [0.25, 0.3) is 0 Å². The topological polar surface area (TPSA) is 106 Å². The van der Waals surface area contributed by atoms with Gasteiger partial charge in [0.25, 0.3) is 0 Å². The molecule has 0 bridgehead atoms. The summed E-state index contributed by atoms with van der Waals surface area (Å²) < 4.78 is 0. The minimum Gasteiger partial charge on any atom is -0.380 e. The monoisotopic (exact) mass is 202 g/mol. The van der Waals surface area contributed by atoms with Crippen molar-refractivity contribution in [3.8, 4) is 0 Å². The number of nitrogens with two attached hydrogens (primary N) is 1. The van der Waals surface area contributed by atoms with Gasteiger partial charge in [0.1, 0.15) is 0 Å². The van der Waals surface area contributed by atoms with E-state index in [2.05, 4.69) is 4.98 Å². The van der Waals surface area contributed by atoms with Gasteiger partial charge in [0.2, 0.25) is 5.69 Å². The molecule has 0 spiro atoms. The van der Waals surface area contributed by atoms with Crippen molar-refractivity contribution >= 4 is 24.1 Å². The molecule has 0 saturated heterocycles. The average molecular weight is 203 g/mol. The van der Waals surface area contributed by atoms with Crippen LogP contribution < -0.4 is 5.73 Å². The first-order valence-electron chi connectivity index (χ1n) is 3.07. The maximum absolute atomic E-state index is 10.2. The second-order valence-electron chi connectivity index (χ2n) is 2.05. The lowest BCUT2D eigenvalue weighted by Crippen LogP contribution is -2.13. The molecule has 13 heavy (non-hydrogen) atoms. The van der Waals surface area contributed by atoms with Gasteiger partial charge in [-0.2, -0.15) is 0 Å². The van der Waals surface area contributed by atoms with Crippen molar-refractivity contribution < 1.29 is 4.92 Å². The Morgan fingerprint density at radius 3 is 2.69 bits per heavy atom. The van der Waals surface area contributed by atoms with Crippen LogP contribution in [-0.2, 0) is 0 Å². The van der Waals surface area contributed by atoms with Crippen molar-refractivity contribution in [1.29, 1.82) is 5.41 Å². The molecule has 0 aromatic carbocycles. The Bertz CT molecular complexity index is 312. The Kier molecular flexibility index (Phi) is 3.80. The van der Waals surface area contributed by atoms with Gasteiger partial charge < -0.3 is 15.8 Å². The van der Waals surface area contributed by atoms with E-state index in [1.165, 1.54) is 18.2 Å². The highest BCUT2D eigenvalue weighted by Crippen LogP contribution is 2.06. The lowest BCUT2D eigenvalue weighted by atomic mass is 10.3. The summed E-state index contributed by atoms with van der Waals surface area (Å²) in [7, 11) is 0. The summed E-state index contributed by atoms with van der Waals surface area (Å²) in [6, 6.07) is 4.11. The molecule has 3 N–H and O–H groups in total. The molecule has 0 aliphatic carbocycles. The van der Waals surface area contributed by atoms with Crippen LogP contribution >= 0.6 is 12.4 Å². The third-order valence-electron chi connectivity index (χ3n) is 1.20. The van der Waals surface area contributed by atoms with Gasteiger partial charge in [-0.1, -0.05) is 0 Å². The van der Waals surface area contributed by atoms with Gasteiger partial charge in [-0.3, -0.25) is 5.41 Å². The molecule has 7 heteroatoms. The number of nitrogens with one attached hydrogen (secondary N) is 1. The number of aromatic nitrogens is 1. The maximum atomic E-state index is 10.2. The van der Waals surface area contributed by atoms with Gasteiger partial charge in [-0.15, -0.1) is 12.4 Å². The van der Waals surface area contributed by atoms with E-state index in [-0.39, 0.29) is 29.8 Å². The fourth-order valence-electron chi connectivity index (χ4n) is 0.675. The molecule has 0 atom stereocenters. The Hall–Kier alpha value is -1.69. The second-order valence-corrected chi connectivity index (χ2v) is 2.05. The van der Waals surface area contributed by atoms with Gasteiger partial charge in [0.05, 0.1) is 0 Å². The number of nitrogens with zero attached hydrogens (tertiary/aromatic N) is 2. The molecule has 0 fully saturated rings. The highest BCUT2D eigenvalue weighted by molar-refractivity contribution is 5.93. The van der Waals surface area contributed by atoms with Gasteiger partial charge in [0, 0.05) is 6.07 Å². The number of amidine groups is 1. The standard InChI is InChI=1S/C6H6N4O2.ClH/c7-6(8)4-2-1-3-5(9-4)10(11)12;/h1-3H,(H3,7,8);1H. The first-order chi connectivity index (χ1) is 5.61. The summed E-state index contributed by atoms with van der Waals surface area (Å²) >= 11 is 0. The van der Waals surface area contributed by atoms with E-state index in [1.807, 2.05) is 0 Å². The Balaban J connectivity index is 0.00000144. The van der Waals surface area contributed by atoms with Gasteiger partial charge in [-0.25, -0.2) is 0 Å². The molecule has 0 unspecified atom stereocenters. The van der Waals surface area contributed by atoms with Crippen molar-refractivity contribution in [2.75, 3.05) is 0 Å². The average Bonchev–Trinajstić information content (AvgIpc) is 2.04. The van der Waals surface area contributed by atoms with Crippen molar-refractivity contribution in [3.63, 3.8) is 0 Å². The predicted molar refractivity (Wildman–Crippen MR) is 49.2 cm³/mol. The van der Waals surface area contributed by atoms with E-state index in [9.17, 15) is 10.1 Å². The van der Waals surface area contributed by atoms with E-state index in [1.54, 1.807) is 0 Å². The van der Waals surface area contributed by atoms with E-state index < -0.39 is 4.92 Å². The lowest BCUT2D eigenvalue weighted by Gasteiger charge is -1.92. The Morgan fingerprint density at radius 2 is 2.23 bits per heavy atom. The van der Waals surface area contributed by atoms with Crippen LogP contribution in [0.15, 0.2) is 18.2 Å². The van der Waals surface area contributed by atoms with E-state index in [4.69, 9.17) is 11.1 Å². The molecule has 0 saturated carbocycles. The molecule has 1 aromatic rings. The zero-order valence-electron chi connectivity index (χ0n) is 6.43. The summed E-state index contributed by atoms with van der Waals surface area (Å²) in [5.74, 6) is -0.582. The smallest absolute Gasteiger partial charge is 0.364 e. The normalized spacial score (nSPS) is 8.62. The minimum atomic E-state index is -0.632. The van der Waals surface area contributed by atoms with Crippen LogP contribution in [0.5, 0.6) is 0 Å². The van der Waals surface area contributed by atoms with E-state index in [0.717, 1.165) is 0 Å². The zero-order chi connectivity index (χ0) is 9.14. The summed E-state index contributed by atoms with van der Waals surface area (Å²) in [5, 5.41) is 17.2. The van der Waals surface area contributed by atoms with Crippen LogP contribution in [0.3, 0.4) is 0 Å². The zero-order valence-corrected chi connectivity index (χ0v) is 7.25. The molecular weight excluding hydrogens is 196 g/mol. The highest BCUT2D eigenvalue weighted by atomic mass is 35.5. The molecule has 0 aliphatic rings. The molecule has 0 amide bonds. The number of nitrogen functional groups attached to an aromatic ring is 1. The molecule has 70 valence electrons. The van der Waals surface area contributed by atoms with Crippen molar-refractivity contribution in [2.24, 2.45) is 5.73 Å². The Morgan fingerprint density at radius 1 is 1.62 bits per heavy atom. The fourth-order valence-corrected chi connectivity index (χ4v) is 0.675. The first-order valence-corrected chi connectivity index (χ1v) is 3.07. The quantitative estimate of drug-likeness (QED) is 0.319. The summed E-state index contributed by atoms with van der Waals surface area (Å²) in [6.07, 6.45) is 0. The highest BCUT2D eigenvalue weighted by Gasteiger charge is 2.10. The van der Waals surface area contributed by atoms with Crippen LogP contribution in [0.4, 0.5) is 5.82 Å². The van der Waals surface area contributed by atoms with E-state index >= 15 is 0 Å². The SMILES string of the molecule is Cl.N=C(N)c1cccc([N+](=O)[O-])n1. The van der Waals surface area contributed by atoms with Crippen LogP contribution in [-0.4, -0.2) is 15.7 Å². The first kappa shape index (κ1) is 11.3. The summed E-state index contributed by atoms with van der Waals surface area (Å²) in [6.45, 7) is 0. The predicted octanol–water partition coefficient (Wildman–Crippen LogP) is 0.696. The maximum Gasteiger partial charge on any atom is 0.364 e. The molecule has 0 radical (unpaired) electrons. The van der Waals surface area contributed by atoms with Gasteiger partial charge >= 0.3 is 5.82 Å². The van der Waals surface area contributed by atoms with Crippen molar-refractivity contribution in [3.05, 3.63) is 34.0 Å². The summed E-state index contributed by atoms with van der Waals surface area (Å²) in [4.78, 5) is 13.1. The number of pyridine rings is 1. The number of rotatable bonds is 2. The number of nitro groups is 1. The van der Waals surface area contributed by atoms with Crippen LogP contribution in [0.1, 0.15) is 5.69 Å². The molecule has 6 nitrogen and oxygen atoms in total. The molecular formula is C6H7ClN4O2. The van der Waals surface area contributed by atoms with Gasteiger partial charge in [0.15, 0.2) is 5.84 Å². The third kappa shape index (κ3) is 2.68. The van der Waals surface area contributed by atoms with E-state index in [0.29, 0.717) is 0 Å². The molecule has 1 rings (SSSR count). The molecule has 1 heterocycles. The third-order valence-corrected chi connectivity index (χ3v) is 1.20. The second kappa shape index (κ2) is 4.36. The lowest BCUT2D eigenvalue weighted by molar-refractivity contribution is -0.389. The molecule has 0 aliphatic heterocycles. The minimum absolute atomic E-state index is 0. The van der Waals surface area contributed by atoms with Crippen molar-refractivity contribution in [2.45, 2.75) is 0 Å². The Labute approximate surface area is 79.8 Å². The number of hydrogen-bond acceptors (Lipinski definition) is 4. The van der Waals surface area contributed by atoms with Gasteiger partial charge in [-0.05, 0) is 22.0 Å². The number of hydrogen-bond donors (Lipinski definition) is 2. The van der Waals surface area contributed by atoms with Crippen LogP contribution in [0, 0.1) is 15.5 Å². The van der Waals surface area contributed by atoms with Crippen molar-refractivity contribution in [1.82, 2.24) is 4.98 Å². The summed E-state index contributed by atoms with van der Waals surface area (Å²) in [5.41, 5.74) is 5.20. The molecule has 1 aromatic heterocycles. The van der Waals surface area contributed by atoms with Crippen LogP contribution in [0.2, 0.25) is 0 Å². The number of halogens is 1.